The molecule has 0 saturated heterocycles. The molecule has 0 aromatic heterocycles. The van der Waals surface area contributed by atoms with Crippen molar-refractivity contribution in [3.05, 3.63) is 35.9 Å². The average Bonchev–Trinajstić information content (AvgIpc) is 2.48. The highest BCUT2D eigenvalue weighted by atomic mass is 14.8. The zero-order valence-corrected chi connectivity index (χ0v) is 13.4. The molecular formula is C16H33N3. The van der Waals surface area contributed by atoms with Crippen LogP contribution < -0.4 is 16.0 Å². The predicted octanol–water partition coefficient (Wildman–Crippen LogP) is 2.64. The minimum atomic E-state index is 0.983. The monoisotopic (exact) mass is 267 g/mol. The van der Waals surface area contributed by atoms with E-state index in [1.165, 1.54) is 5.56 Å². The third kappa shape index (κ3) is 19.6. The third-order valence-electron chi connectivity index (χ3n) is 2.28. The van der Waals surface area contributed by atoms with Gasteiger partial charge in [0.05, 0.1) is 0 Å². The van der Waals surface area contributed by atoms with Crippen molar-refractivity contribution < 1.29 is 0 Å². The summed E-state index contributed by atoms with van der Waals surface area (Å²) in [6.07, 6.45) is 0. The molecule has 0 heterocycles. The summed E-state index contributed by atoms with van der Waals surface area (Å²) >= 11 is 0. The second kappa shape index (κ2) is 19.4. The molecule has 0 atom stereocenters. The molecule has 3 N–H and O–H groups in total. The molecule has 0 bridgehead atoms. The second-order valence-electron chi connectivity index (χ2n) is 3.93. The molecule has 19 heavy (non-hydrogen) atoms. The normalized spacial score (nSPS) is 8.89. The lowest BCUT2D eigenvalue weighted by molar-refractivity contribution is 0.727. The molecule has 0 aliphatic carbocycles. The first-order valence-corrected chi connectivity index (χ1v) is 7.36. The van der Waals surface area contributed by atoms with Crippen LogP contribution in [-0.4, -0.2) is 33.2 Å². The largest absolute Gasteiger partial charge is 0.320 e. The Bertz CT molecular complexity index is 233. The molecular weight excluding hydrogens is 234 g/mol. The van der Waals surface area contributed by atoms with E-state index in [-0.39, 0.29) is 0 Å². The molecule has 1 rings (SSSR count). The fraction of sp³-hybridized carbons (Fsp3) is 0.625. The Morgan fingerprint density at radius 3 is 1.53 bits per heavy atom. The van der Waals surface area contributed by atoms with E-state index in [0.29, 0.717) is 0 Å². The van der Waals surface area contributed by atoms with Gasteiger partial charge in [-0.15, -0.1) is 0 Å². The van der Waals surface area contributed by atoms with Crippen LogP contribution in [0.1, 0.15) is 33.3 Å². The maximum absolute atomic E-state index is 3.26. The van der Waals surface area contributed by atoms with Crippen LogP contribution in [0.25, 0.3) is 0 Å². The van der Waals surface area contributed by atoms with Gasteiger partial charge in [-0.3, -0.25) is 0 Å². The molecule has 0 amide bonds. The van der Waals surface area contributed by atoms with Crippen LogP contribution in [-0.2, 0) is 6.54 Å². The van der Waals surface area contributed by atoms with E-state index in [9.17, 15) is 0 Å². The van der Waals surface area contributed by atoms with E-state index >= 15 is 0 Å². The SMILES string of the molecule is CCNC.CCNCC.CCNCc1ccccc1. The standard InChI is InChI=1S/C9H13N.C4H11N.C3H9N/c1-2-10-8-9-6-4-3-5-7-9;1-3-5-4-2;1-3-4-2/h3-7,10H,2,8H2,1H3;5H,3-4H2,1-2H3;4H,3H2,1-2H3. The summed E-state index contributed by atoms with van der Waals surface area (Å²) in [6, 6.07) is 10.4. The highest BCUT2D eigenvalue weighted by Gasteiger charge is 1.85. The summed E-state index contributed by atoms with van der Waals surface area (Å²) in [5, 5.41) is 9.31. The molecule has 112 valence electrons. The van der Waals surface area contributed by atoms with Gasteiger partial charge in [0.2, 0.25) is 0 Å². The lowest BCUT2D eigenvalue weighted by Gasteiger charge is -1.99. The topological polar surface area (TPSA) is 36.1 Å². The van der Waals surface area contributed by atoms with Gasteiger partial charge in [0, 0.05) is 6.54 Å². The van der Waals surface area contributed by atoms with Crippen LogP contribution in [0.2, 0.25) is 0 Å². The summed E-state index contributed by atoms with van der Waals surface area (Å²) in [5.41, 5.74) is 1.35. The number of rotatable bonds is 6. The van der Waals surface area contributed by atoms with Crippen molar-refractivity contribution in [2.24, 2.45) is 0 Å². The number of nitrogens with one attached hydrogen (secondary N) is 3. The third-order valence-corrected chi connectivity index (χ3v) is 2.28. The fourth-order valence-electron chi connectivity index (χ4n) is 1.12. The quantitative estimate of drug-likeness (QED) is 0.741. The van der Waals surface area contributed by atoms with Gasteiger partial charge in [-0.25, -0.2) is 0 Å². The Morgan fingerprint density at radius 2 is 1.21 bits per heavy atom. The van der Waals surface area contributed by atoms with Crippen LogP contribution in [0, 0.1) is 0 Å². The summed E-state index contributed by atoms with van der Waals surface area (Å²) in [7, 11) is 1.93. The Labute approximate surface area is 120 Å². The zero-order chi connectivity index (χ0) is 14.8. The predicted molar refractivity (Wildman–Crippen MR) is 87.6 cm³/mol. The van der Waals surface area contributed by atoms with Crippen molar-refractivity contribution in [1.29, 1.82) is 0 Å². The summed E-state index contributed by atoms with van der Waals surface area (Å²) < 4.78 is 0. The molecule has 1 aromatic carbocycles. The first-order chi connectivity index (χ1) is 9.26. The van der Waals surface area contributed by atoms with Crippen molar-refractivity contribution in [3.8, 4) is 0 Å². The summed E-state index contributed by atoms with van der Waals surface area (Å²) in [4.78, 5) is 0. The lowest BCUT2D eigenvalue weighted by atomic mass is 10.2. The second-order valence-corrected chi connectivity index (χ2v) is 3.93. The Balaban J connectivity index is 0. The highest BCUT2D eigenvalue weighted by Crippen LogP contribution is 1.96. The molecule has 0 aliphatic heterocycles. The van der Waals surface area contributed by atoms with Crippen LogP contribution >= 0.6 is 0 Å². The molecule has 0 spiro atoms. The van der Waals surface area contributed by atoms with Crippen molar-refractivity contribution in [1.82, 2.24) is 16.0 Å². The molecule has 0 fully saturated rings. The van der Waals surface area contributed by atoms with Crippen LogP contribution in [0.3, 0.4) is 0 Å². The number of hydrogen-bond donors (Lipinski definition) is 3. The average molecular weight is 267 g/mol. The van der Waals surface area contributed by atoms with E-state index in [2.05, 4.69) is 67.9 Å². The van der Waals surface area contributed by atoms with Gasteiger partial charge >= 0.3 is 0 Å². The molecule has 0 radical (unpaired) electrons. The number of benzene rings is 1. The molecule has 1 aromatic rings. The van der Waals surface area contributed by atoms with Crippen LogP contribution in [0.4, 0.5) is 0 Å². The van der Waals surface area contributed by atoms with Gasteiger partial charge in [-0.05, 0) is 38.8 Å². The van der Waals surface area contributed by atoms with Crippen LogP contribution in [0.15, 0.2) is 30.3 Å². The fourth-order valence-corrected chi connectivity index (χ4v) is 1.12. The number of hydrogen-bond acceptors (Lipinski definition) is 3. The van der Waals surface area contributed by atoms with E-state index in [1.807, 2.05) is 13.1 Å². The minimum Gasteiger partial charge on any atom is -0.320 e. The smallest absolute Gasteiger partial charge is 0.0205 e. The maximum atomic E-state index is 3.26. The summed E-state index contributed by atoms with van der Waals surface area (Å²) in [6.45, 7) is 13.7. The Hall–Kier alpha value is -0.900. The Kier molecular flexibility index (Phi) is 20.9. The maximum Gasteiger partial charge on any atom is 0.0205 e. The van der Waals surface area contributed by atoms with Gasteiger partial charge in [-0.1, -0.05) is 58.0 Å². The molecule has 3 heteroatoms. The first kappa shape index (κ1) is 20.4. The summed E-state index contributed by atoms with van der Waals surface area (Å²) in [5.74, 6) is 0. The van der Waals surface area contributed by atoms with E-state index in [4.69, 9.17) is 0 Å². The van der Waals surface area contributed by atoms with Gasteiger partial charge in [0.25, 0.3) is 0 Å². The molecule has 0 saturated carbocycles. The van der Waals surface area contributed by atoms with Crippen molar-refractivity contribution in [2.75, 3.05) is 33.2 Å². The van der Waals surface area contributed by atoms with Gasteiger partial charge in [0.1, 0.15) is 0 Å². The van der Waals surface area contributed by atoms with Gasteiger partial charge in [0.15, 0.2) is 0 Å². The van der Waals surface area contributed by atoms with E-state index in [0.717, 1.165) is 32.7 Å². The Morgan fingerprint density at radius 1 is 0.737 bits per heavy atom. The molecule has 3 nitrogen and oxygen atoms in total. The highest BCUT2D eigenvalue weighted by molar-refractivity contribution is 5.14. The van der Waals surface area contributed by atoms with Crippen molar-refractivity contribution >= 4 is 0 Å². The molecule has 0 aliphatic rings. The van der Waals surface area contributed by atoms with Crippen molar-refractivity contribution in [2.45, 2.75) is 34.2 Å². The van der Waals surface area contributed by atoms with E-state index < -0.39 is 0 Å². The minimum absolute atomic E-state index is 0.983. The van der Waals surface area contributed by atoms with Crippen molar-refractivity contribution in [3.63, 3.8) is 0 Å². The van der Waals surface area contributed by atoms with Gasteiger partial charge < -0.3 is 16.0 Å². The molecule has 0 unspecified atom stereocenters. The zero-order valence-electron chi connectivity index (χ0n) is 13.4. The first-order valence-electron chi connectivity index (χ1n) is 7.36. The van der Waals surface area contributed by atoms with E-state index in [1.54, 1.807) is 0 Å². The lowest BCUT2D eigenvalue weighted by Crippen LogP contribution is -2.11. The van der Waals surface area contributed by atoms with Crippen LogP contribution in [0.5, 0.6) is 0 Å². The van der Waals surface area contributed by atoms with Gasteiger partial charge in [-0.2, -0.15) is 0 Å².